The number of pyridine rings is 1. The Bertz CT molecular complexity index is 319. The summed E-state index contributed by atoms with van der Waals surface area (Å²) in [4.78, 5) is 14.2. The molecule has 0 aliphatic carbocycles. The molecule has 0 spiro atoms. The maximum Gasteiger partial charge on any atom is 0.220 e. The summed E-state index contributed by atoms with van der Waals surface area (Å²) in [6.07, 6.45) is 4.16. The van der Waals surface area contributed by atoms with Gasteiger partial charge in [0.05, 0.1) is 11.9 Å². The quantitative estimate of drug-likeness (QED) is 0.745. The number of amides is 1. The summed E-state index contributed by atoms with van der Waals surface area (Å²) < 4.78 is 12.4. The van der Waals surface area contributed by atoms with Gasteiger partial charge in [-0.2, -0.15) is 0 Å². The largest absolute Gasteiger partial charge is 0.333 e. The maximum atomic E-state index is 12.4. The second-order valence-electron chi connectivity index (χ2n) is 2.44. The normalized spacial score (nSPS) is 10.3. The van der Waals surface area contributed by atoms with Gasteiger partial charge in [0.15, 0.2) is 0 Å². The molecule has 0 radical (unpaired) electrons. The van der Waals surface area contributed by atoms with Crippen molar-refractivity contribution in [2.24, 2.45) is 0 Å². The summed E-state index contributed by atoms with van der Waals surface area (Å²) in [7, 11) is 0. The molecule has 0 saturated carbocycles. The lowest BCUT2D eigenvalue weighted by molar-refractivity contribution is -0.118. The van der Waals surface area contributed by atoms with Crippen molar-refractivity contribution < 1.29 is 9.18 Å². The minimum absolute atomic E-state index is 0.154. The van der Waals surface area contributed by atoms with Crippen LogP contribution in [-0.2, 0) is 4.79 Å². The average Bonchev–Trinajstić information content (AvgIpc) is 2.08. The third kappa shape index (κ3) is 3.46. The molecule has 0 aromatic carbocycles. The van der Waals surface area contributed by atoms with E-state index in [4.69, 9.17) is 0 Å². The lowest BCUT2D eigenvalue weighted by atomic mass is 10.3. The van der Waals surface area contributed by atoms with Gasteiger partial charge in [-0.15, -0.1) is 0 Å². The smallest absolute Gasteiger partial charge is 0.220 e. The van der Waals surface area contributed by atoms with Crippen molar-refractivity contribution in [2.45, 2.75) is 6.92 Å². The molecule has 0 saturated heterocycles. The molecule has 0 bridgehead atoms. The molecule has 0 fully saturated rings. The Balaban J connectivity index is 2.59. The molecule has 0 aliphatic rings. The standard InChI is InChI=1S/C9H9FN2O/c1-7(13)11-5-4-9-3-2-8(10)6-12-9/h2-6H,1H3,(H,11,13). The van der Waals surface area contributed by atoms with E-state index in [-0.39, 0.29) is 11.7 Å². The highest BCUT2D eigenvalue weighted by Crippen LogP contribution is 1.99. The first-order valence-corrected chi connectivity index (χ1v) is 3.73. The third-order valence-electron chi connectivity index (χ3n) is 1.29. The molecule has 1 aromatic rings. The fourth-order valence-corrected chi connectivity index (χ4v) is 0.730. The summed E-state index contributed by atoms with van der Waals surface area (Å²) in [5, 5.41) is 2.46. The second-order valence-corrected chi connectivity index (χ2v) is 2.44. The van der Waals surface area contributed by atoms with Gasteiger partial charge in [0.25, 0.3) is 0 Å². The molecule has 1 heterocycles. The third-order valence-corrected chi connectivity index (χ3v) is 1.29. The number of carbonyl (C=O) groups is 1. The molecule has 13 heavy (non-hydrogen) atoms. The van der Waals surface area contributed by atoms with Crippen LogP contribution < -0.4 is 5.32 Å². The van der Waals surface area contributed by atoms with Crippen LogP contribution >= 0.6 is 0 Å². The summed E-state index contributed by atoms with van der Waals surface area (Å²) in [6, 6.07) is 2.83. The van der Waals surface area contributed by atoms with Crippen LogP contribution in [0.1, 0.15) is 12.6 Å². The maximum absolute atomic E-state index is 12.4. The van der Waals surface area contributed by atoms with Crippen molar-refractivity contribution in [2.75, 3.05) is 0 Å². The number of nitrogens with one attached hydrogen (secondary N) is 1. The number of nitrogens with zero attached hydrogens (tertiary/aromatic N) is 1. The molecule has 1 aromatic heterocycles. The van der Waals surface area contributed by atoms with Crippen LogP contribution in [0, 0.1) is 5.82 Å². The van der Waals surface area contributed by atoms with E-state index in [1.807, 2.05) is 0 Å². The van der Waals surface area contributed by atoms with Gasteiger partial charge >= 0.3 is 0 Å². The van der Waals surface area contributed by atoms with Crippen LogP contribution in [0.5, 0.6) is 0 Å². The molecule has 3 nitrogen and oxygen atoms in total. The first kappa shape index (κ1) is 9.38. The van der Waals surface area contributed by atoms with E-state index in [0.717, 1.165) is 6.20 Å². The lowest BCUT2D eigenvalue weighted by Gasteiger charge is -1.92. The summed E-state index contributed by atoms with van der Waals surface area (Å²) in [5.74, 6) is -0.532. The van der Waals surface area contributed by atoms with Gasteiger partial charge in [0, 0.05) is 13.1 Å². The van der Waals surface area contributed by atoms with Crippen molar-refractivity contribution in [3.8, 4) is 0 Å². The zero-order chi connectivity index (χ0) is 9.68. The number of hydrogen-bond donors (Lipinski definition) is 1. The van der Waals surface area contributed by atoms with Crippen molar-refractivity contribution in [3.05, 3.63) is 36.0 Å². The number of halogens is 1. The molecule has 68 valence electrons. The number of carbonyl (C=O) groups excluding carboxylic acids is 1. The Labute approximate surface area is 75.3 Å². The Morgan fingerprint density at radius 1 is 1.62 bits per heavy atom. The van der Waals surface area contributed by atoms with Crippen LogP contribution in [0.25, 0.3) is 6.08 Å². The molecule has 1 N–H and O–H groups in total. The molecular weight excluding hydrogens is 171 g/mol. The highest BCUT2D eigenvalue weighted by atomic mass is 19.1. The SMILES string of the molecule is CC(=O)NC=Cc1ccc(F)cn1. The lowest BCUT2D eigenvalue weighted by Crippen LogP contribution is -2.11. The number of rotatable bonds is 2. The first-order chi connectivity index (χ1) is 6.18. The molecule has 0 unspecified atom stereocenters. The van der Waals surface area contributed by atoms with Crippen LogP contribution in [0.3, 0.4) is 0 Å². The van der Waals surface area contributed by atoms with Crippen LogP contribution in [-0.4, -0.2) is 10.9 Å². The van der Waals surface area contributed by atoms with Gasteiger partial charge in [-0.05, 0) is 18.2 Å². The minimum Gasteiger partial charge on any atom is -0.333 e. The Morgan fingerprint density at radius 3 is 2.92 bits per heavy atom. The molecular formula is C9H9FN2O. The molecule has 0 atom stereocenters. The van der Waals surface area contributed by atoms with E-state index in [1.54, 1.807) is 6.08 Å². The van der Waals surface area contributed by atoms with Crippen LogP contribution in [0.4, 0.5) is 4.39 Å². The highest BCUT2D eigenvalue weighted by molar-refractivity contribution is 5.74. The van der Waals surface area contributed by atoms with E-state index in [0.29, 0.717) is 5.69 Å². The van der Waals surface area contributed by atoms with Crippen molar-refractivity contribution in [1.82, 2.24) is 10.3 Å². The predicted octanol–water partition coefficient (Wildman–Crippen LogP) is 1.33. The average molecular weight is 180 g/mol. The van der Waals surface area contributed by atoms with Gasteiger partial charge in [-0.25, -0.2) is 4.39 Å². The van der Waals surface area contributed by atoms with Crippen molar-refractivity contribution in [1.29, 1.82) is 0 Å². The highest BCUT2D eigenvalue weighted by Gasteiger charge is 1.89. The van der Waals surface area contributed by atoms with Crippen molar-refractivity contribution >= 4 is 12.0 Å². The van der Waals surface area contributed by atoms with Crippen LogP contribution in [0.2, 0.25) is 0 Å². The number of hydrogen-bond acceptors (Lipinski definition) is 2. The van der Waals surface area contributed by atoms with E-state index in [9.17, 15) is 9.18 Å². The van der Waals surface area contributed by atoms with Gasteiger partial charge in [0.2, 0.25) is 5.91 Å². The number of aromatic nitrogens is 1. The zero-order valence-electron chi connectivity index (χ0n) is 7.12. The molecule has 1 amide bonds. The van der Waals surface area contributed by atoms with Gasteiger partial charge in [-0.3, -0.25) is 9.78 Å². The van der Waals surface area contributed by atoms with Gasteiger partial charge in [-0.1, -0.05) is 0 Å². The second kappa shape index (κ2) is 4.35. The summed E-state index contributed by atoms with van der Waals surface area (Å²) in [5.41, 5.74) is 0.593. The zero-order valence-corrected chi connectivity index (χ0v) is 7.12. The monoisotopic (exact) mass is 180 g/mol. The van der Waals surface area contributed by atoms with Crippen molar-refractivity contribution in [3.63, 3.8) is 0 Å². The molecule has 0 aliphatic heterocycles. The molecule has 4 heteroatoms. The Kier molecular flexibility index (Phi) is 3.14. The molecule has 1 rings (SSSR count). The fourth-order valence-electron chi connectivity index (χ4n) is 0.730. The summed E-state index contributed by atoms with van der Waals surface area (Å²) >= 11 is 0. The van der Waals surface area contributed by atoms with E-state index >= 15 is 0 Å². The Morgan fingerprint density at radius 2 is 2.38 bits per heavy atom. The summed E-state index contributed by atoms with van der Waals surface area (Å²) in [6.45, 7) is 1.41. The van der Waals surface area contributed by atoms with E-state index in [1.165, 1.54) is 25.3 Å². The van der Waals surface area contributed by atoms with E-state index in [2.05, 4.69) is 10.3 Å². The Hall–Kier alpha value is -1.71. The first-order valence-electron chi connectivity index (χ1n) is 3.73. The van der Waals surface area contributed by atoms with Gasteiger partial charge in [0.1, 0.15) is 5.82 Å². The fraction of sp³-hybridized carbons (Fsp3) is 0.111. The predicted molar refractivity (Wildman–Crippen MR) is 47.0 cm³/mol. The van der Waals surface area contributed by atoms with E-state index < -0.39 is 0 Å². The van der Waals surface area contributed by atoms with Crippen LogP contribution in [0.15, 0.2) is 24.5 Å². The minimum atomic E-state index is -0.378. The van der Waals surface area contributed by atoms with Gasteiger partial charge < -0.3 is 5.32 Å². The topological polar surface area (TPSA) is 42.0 Å².